The van der Waals surface area contributed by atoms with Crippen molar-refractivity contribution in [2.45, 2.75) is 0 Å². The van der Waals surface area contributed by atoms with Gasteiger partial charge in [0.2, 0.25) is 5.91 Å². The summed E-state index contributed by atoms with van der Waals surface area (Å²) in [6.45, 7) is 0. The maximum atomic E-state index is 11.4. The van der Waals surface area contributed by atoms with Gasteiger partial charge in [0.1, 0.15) is 11.5 Å². The van der Waals surface area contributed by atoms with E-state index in [-0.39, 0.29) is 11.7 Å². The molecular weight excluding hydrogens is 228 g/mol. The highest BCUT2D eigenvalue weighted by Crippen LogP contribution is 2.26. The van der Waals surface area contributed by atoms with Gasteiger partial charge in [-0.1, -0.05) is 0 Å². The molecule has 0 aliphatic rings. The second-order valence-electron chi connectivity index (χ2n) is 3.23. The third-order valence-electron chi connectivity index (χ3n) is 1.83. The van der Waals surface area contributed by atoms with E-state index < -0.39 is 10.8 Å². The molecule has 16 heavy (non-hydrogen) atoms. The van der Waals surface area contributed by atoms with Crippen LogP contribution in [0.4, 0.5) is 11.4 Å². The lowest BCUT2D eigenvalue weighted by Gasteiger charge is -2.10. The minimum Gasteiger partial charge on any atom is -0.494 e. The maximum absolute atomic E-state index is 11.4. The van der Waals surface area contributed by atoms with E-state index in [1.807, 2.05) is 0 Å². The summed E-state index contributed by atoms with van der Waals surface area (Å²) in [5.41, 5.74) is 6.64. The lowest BCUT2D eigenvalue weighted by atomic mass is 10.2. The molecule has 0 radical (unpaired) electrons. The van der Waals surface area contributed by atoms with Gasteiger partial charge in [0.15, 0.2) is 0 Å². The van der Waals surface area contributed by atoms with Crippen molar-refractivity contribution < 1.29 is 13.7 Å². The van der Waals surface area contributed by atoms with Crippen LogP contribution in [0, 0.1) is 0 Å². The van der Waals surface area contributed by atoms with E-state index in [2.05, 4.69) is 5.32 Å². The van der Waals surface area contributed by atoms with Crippen molar-refractivity contribution in [2.75, 3.05) is 30.2 Å². The van der Waals surface area contributed by atoms with Crippen molar-refractivity contribution in [1.29, 1.82) is 0 Å². The Morgan fingerprint density at radius 1 is 1.56 bits per heavy atom. The molecule has 3 N–H and O–H groups in total. The van der Waals surface area contributed by atoms with Crippen LogP contribution >= 0.6 is 0 Å². The van der Waals surface area contributed by atoms with Gasteiger partial charge in [-0.25, -0.2) is 0 Å². The summed E-state index contributed by atoms with van der Waals surface area (Å²) in [4.78, 5) is 11.4. The number of rotatable bonds is 4. The highest BCUT2D eigenvalue weighted by atomic mass is 32.2. The first-order valence-electron chi connectivity index (χ1n) is 4.56. The summed E-state index contributed by atoms with van der Waals surface area (Å²) in [6, 6.07) is 4.91. The van der Waals surface area contributed by atoms with E-state index in [0.717, 1.165) is 0 Å². The summed E-state index contributed by atoms with van der Waals surface area (Å²) in [7, 11) is 0.329. The molecule has 6 heteroatoms. The number of carbonyl (C=O) groups excluding carboxylic acids is 1. The minimum absolute atomic E-state index is 0.0342. The number of hydrogen-bond acceptors (Lipinski definition) is 4. The minimum atomic E-state index is -1.16. The number of nitrogens with two attached hydrogens (primary N) is 1. The van der Waals surface area contributed by atoms with Crippen LogP contribution in [0.3, 0.4) is 0 Å². The van der Waals surface area contributed by atoms with E-state index in [0.29, 0.717) is 17.1 Å². The van der Waals surface area contributed by atoms with E-state index in [1.165, 1.54) is 13.4 Å². The van der Waals surface area contributed by atoms with Gasteiger partial charge in [-0.05, 0) is 12.1 Å². The molecule has 1 atom stereocenters. The molecule has 1 aromatic carbocycles. The maximum Gasteiger partial charge on any atom is 0.237 e. The highest BCUT2D eigenvalue weighted by molar-refractivity contribution is 7.85. The Labute approximate surface area is 96.4 Å². The van der Waals surface area contributed by atoms with Gasteiger partial charge in [-0.2, -0.15) is 0 Å². The van der Waals surface area contributed by atoms with Crippen molar-refractivity contribution >= 4 is 28.1 Å². The SMILES string of the molecule is COc1cc(N)ccc1NC(=O)CS(C)=O. The number of ether oxygens (including phenoxy) is 1. The Bertz CT molecular complexity index is 421. The fourth-order valence-corrected chi connectivity index (χ4v) is 1.62. The molecule has 1 amide bonds. The fraction of sp³-hybridized carbons (Fsp3) is 0.300. The molecule has 0 aliphatic carbocycles. The van der Waals surface area contributed by atoms with Gasteiger partial charge >= 0.3 is 0 Å². The lowest BCUT2D eigenvalue weighted by Crippen LogP contribution is -2.19. The fourth-order valence-electron chi connectivity index (χ4n) is 1.18. The van der Waals surface area contributed by atoms with Crippen LogP contribution in [0.5, 0.6) is 5.75 Å². The van der Waals surface area contributed by atoms with Crippen molar-refractivity contribution in [3.63, 3.8) is 0 Å². The van der Waals surface area contributed by atoms with Crippen molar-refractivity contribution in [3.05, 3.63) is 18.2 Å². The molecule has 1 aromatic rings. The zero-order valence-corrected chi connectivity index (χ0v) is 9.97. The number of carbonyl (C=O) groups is 1. The number of amides is 1. The summed E-state index contributed by atoms with van der Waals surface area (Å²) in [5, 5.41) is 2.61. The van der Waals surface area contributed by atoms with E-state index in [9.17, 15) is 9.00 Å². The molecule has 0 fully saturated rings. The number of anilines is 2. The van der Waals surface area contributed by atoms with E-state index in [1.54, 1.807) is 18.2 Å². The Hall–Kier alpha value is -1.56. The molecular formula is C10H14N2O3S. The normalized spacial score (nSPS) is 11.9. The summed E-state index contributed by atoms with van der Waals surface area (Å²) >= 11 is 0. The topological polar surface area (TPSA) is 81.4 Å². The first-order chi connectivity index (χ1) is 7.52. The first-order valence-corrected chi connectivity index (χ1v) is 6.29. The standard InChI is InChI=1S/C10H14N2O3S/c1-15-9-5-7(11)3-4-8(9)12-10(13)6-16(2)14/h3-5H,6,11H2,1-2H3,(H,12,13). The van der Waals surface area contributed by atoms with Gasteiger partial charge < -0.3 is 15.8 Å². The molecule has 88 valence electrons. The van der Waals surface area contributed by atoms with Crippen LogP contribution < -0.4 is 15.8 Å². The third-order valence-corrected chi connectivity index (χ3v) is 2.50. The molecule has 0 aromatic heterocycles. The number of benzene rings is 1. The van der Waals surface area contributed by atoms with Crippen LogP contribution in [0.2, 0.25) is 0 Å². The monoisotopic (exact) mass is 242 g/mol. The second-order valence-corrected chi connectivity index (χ2v) is 4.66. The lowest BCUT2D eigenvalue weighted by molar-refractivity contribution is -0.113. The van der Waals surface area contributed by atoms with Crippen LogP contribution in [0.1, 0.15) is 0 Å². The van der Waals surface area contributed by atoms with Crippen LogP contribution in [0.25, 0.3) is 0 Å². The van der Waals surface area contributed by atoms with E-state index in [4.69, 9.17) is 10.5 Å². The predicted molar refractivity (Wildman–Crippen MR) is 65.0 cm³/mol. The van der Waals surface area contributed by atoms with Gasteiger partial charge in [0.25, 0.3) is 0 Å². The number of hydrogen-bond donors (Lipinski definition) is 2. The van der Waals surface area contributed by atoms with Crippen LogP contribution in [-0.4, -0.2) is 29.2 Å². The Morgan fingerprint density at radius 2 is 2.25 bits per heavy atom. The zero-order chi connectivity index (χ0) is 12.1. The second kappa shape index (κ2) is 5.50. The molecule has 0 spiro atoms. The molecule has 0 aliphatic heterocycles. The summed E-state index contributed by atoms with van der Waals surface area (Å²) in [5.74, 6) is 0.132. The summed E-state index contributed by atoms with van der Waals surface area (Å²) in [6.07, 6.45) is 1.47. The average Bonchev–Trinajstić information content (AvgIpc) is 2.19. The predicted octanol–water partition coefficient (Wildman–Crippen LogP) is 0.594. The Kier molecular flexibility index (Phi) is 4.30. The van der Waals surface area contributed by atoms with E-state index >= 15 is 0 Å². The largest absolute Gasteiger partial charge is 0.494 e. The van der Waals surface area contributed by atoms with Gasteiger partial charge in [-0.15, -0.1) is 0 Å². The molecule has 0 heterocycles. The number of nitrogens with one attached hydrogen (secondary N) is 1. The third kappa shape index (κ3) is 3.54. The molecule has 0 saturated heterocycles. The average molecular weight is 242 g/mol. The summed E-state index contributed by atoms with van der Waals surface area (Å²) < 4.78 is 15.9. The molecule has 0 bridgehead atoms. The molecule has 5 nitrogen and oxygen atoms in total. The Morgan fingerprint density at radius 3 is 2.81 bits per heavy atom. The van der Waals surface area contributed by atoms with Crippen molar-refractivity contribution in [3.8, 4) is 5.75 Å². The quantitative estimate of drug-likeness (QED) is 0.757. The smallest absolute Gasteiger partial charge is 0.237 e. The van der Waals surface area contributed by atoms with Crippen LogP contribution in [0.15, 0.2) is 18.2 Å². The van der Waals surface area contributed by atoms with Crippen molar-refractivity contribution in [1.82, 2.24) is 0 Å². The first kappa shape index (κ1) is 12.5. The molecule has 1 rings (SSSR count). The van der Waals surface area contributed by atoms with Gasteiger partial charge in [0, 0.05) is 28.8 Å². The van der Waals surface area contributed by atoms with Gasteiger partial charge in [0.05, 0.1) is 12.8 Å². The van der Waals surface area contributed by atoms with Crippen LogP contribution in [-0.2, 0) is 15.6 Å². The van der Waals surface area contributed by atoms with Gasteiger partial charge in [-0.3, -0.25) is 9.00 Å². The molecule has 0 saturated carbocycles. The number of nitrogen functional groups attached to an aromatic ring is 1. The zero-order valence-electron chi connectivity index (χ0n) is 9.15. The molecule has 1 unspecified atom stereocenters. The van der Waals surface area contributed by atoms with Crippen molar-refractivity contribution in [2.24, 2.45) is 0 Å². The number of methoxy groups -OCH3 is 1. The highest BCUT2D eigenvalue weighted by Gasteiger charge is 2.08. The Balaban J connectivity index is 2.80.